The number of carbonyl (C=O) groups excluding carboxylic acids is 1. The van der Waals surface area contributed by atoms with Crippen molar-refractivity contribution in [2.24, 2.45) is 5.73 Å². The molecule has 1 atom stereocenters. The van der Waals surface area contributed by atoms with Crippen LogP contribution in [-0.4, -0.2) is 32.4 Å². The van der Waals surface area contributed by atoms with Crippen LogP contribution in [0.2, 0.25) is 0 Å². The zero-order valence-electron chi connectivity index (χ0n) is 11.4. The Kier molecular flexibility index (Phi) is 5.08. The highest BCUT2D eigenvalue weighted by Gasteiger charge is 2.16. The molecule has 0 spiro atoms. The number of benzene rings is 1. The van der Waals surface area contributed by atoms with Crippen LogP contribution in [-0.2, 0) is 14.6 Å². The lowest BCUT2D eigenvalue weighted by molar-refractivity contribution is -0.117. The van der Waals surface area contributed by atoms with Gasteiger partial charge in [-0.1, -0.05) is 17.7 Å². The number of amides is 1. The highest BCUT2D eigenvalue weighted by Crippen LogP contribution is 2.16. The molecule has 3 N–H and O–H groups in total. The quantitative estimate of drug-likeness (QED) is 0.844. The van der Waals surface area contributed by atoms with Gasteiger partial charge in [0, 0.05) is 11.9 Å². The fourth-order valence-electron chi connectivity index (χ4n) is 1.65. The standard InChI is InChI=1S/C13H20N2O3S/c1-9-4-5-12(10(2)8-9)15-13(16)11(14)6-7-19(3,17)18/h4-5,8,11H,6-7,14H2,1-3H3,(H,15,16). The third kappa shape index (κ3) is 5.40. The highest BCUT2D eigenvalue weighted by molar-refractivity contribution is 7.90. The summed E-state index contributed by atoms with van der Waals surface area (Å²) in [5.41, 5.74) is 8.43. The molecule has 1 unspecified atom stereocenters. The number of nitrogens with two attached hydrogens (primary N) is 1. The van der Waals surface area contributed by atoms with E-state index in [9.17, 15) is 13.2 Å². The summed E-state index contributed by atoms with van der Waals surface area (Å²) in [5.74, 6) is -0.454. The van der Waals surface area contributed by atoms with E-state index >= 15 is 0 Å². The third-order valence-corrected chi connectivity index (χ3v) is 3.75. The maximum Gasteiger partial charge on any atom is 0.241 e. The van der Waals surface area contributed by atoms with Crippen LogP contribution in [0.4, 0.5) is 5.69 Å². The van der Waals surface area contributed by atoms with Crippen LogP contribution in [0.1, 0.15) is 17.5 Å². The van der Waals surface area contributed by atoms with Gasteiger partial charge in [-0.3, -0.25) is 4.79 Å². The Morgan fingerprint density at radius 1 is 1.37 bits per heavy atom. The summed E-state index contributed by atoms with van der Waals surface area (Å²) in [6.07, 6.45) is 1.25. The van der Waals surface area contributed by atoms with Gasteiger partial charge in [-0.25, -0.2) is 8.42 Å². The minimum Gasteiger partial charge on any atom is -0.324 e. The maximum absolute atomic E-state index is 11.8. The van der Waals surface area contributed by atoms with Crippen molar-refractivity contribution in [1.82, 2.24) is 0 Å². The summed E-state index contributed by atoms with van der Waals surface area (Å²) in [4.78, 5) is 11.8. The Morgan fingerprint density at radius 2 is 2.00 bits per heavy atom. The molecule has 1 aromatic rings. The monoisotopic (exact) mass is 284 g/mol. The maximum atomic E-state index is 11.8. The highest BCUT2D eigenvalue weighted by atomic mass is 32.2. The van der Waals surface area contributed by atoms with Gasteiger partial charge in [0.15, 0.2) is 0 Å². The van der Waals surface area contributed by atoms with Gasteiger partial charge in [0.1, 0.15) is 9.84 Å². The van der Waals surface area contributed by atoms with E-state index in [0.29, 0.717) is 5.69 Å². The molecule has 6 heteroatoms. The molecule has 0 saturated carbocycles. The first-order valence-corrected chi connectivity index (χ1v) is 8.06. The fraction of sp³-hybridized carbons (Fsp3) is 0.462. The molecule has 0 radical (unpaired) electrons. The molecule has 1 aromatic carbocycles. The molecule has 1 rings (SSSR count). The molecule has 0 heterocycles. The first-order chi connectivity index (χ1) is 8.69. The second-order valence-corrected chi connectivity index (χ2v) is 7.09. The zero-order chi connectivity index (χ0) is 14.6. The minimum atomic E-state index is -3.10. The van der Waals surface area contributed by atoms with Gasteiger partial charge in [0.2, 0.25) is 5.91 Å². The van der Waals surface area contributed by atoms with Crippen molar-refractivity contribution in [2.75, 3.05) is 17.3 Å². The average molecular weight is 284 g/mol. The number of sulfone groups is 1. The van der Waals surface area contributed by atoms with E-state index < -0.39 is 15.9 Å². The number of nitrogens with one attached hydrogen (secondary N) is 1. The zero-order valence-corrected chi connectivity index (χ0v) is 12.3. The van der Waals surface area contributed by atoms with Crippen LogP contribution in [0.15, 0.2) is 18.2 Å². The molecule has 1 amide bonds. The van der Waals surface area contributed by atoms with E-state index in [1.54, 1.807) is 0 Å². The Bertz CT molecular complexity index is 567. The number of rotatable bonds is 5. The Hall–Kier alpha value is -1.40. The van der Waals surface area contributed by atoms with E-state index in [1.165, 1.54) is 0 Å². The Labute approximate surface area is 114 Å². The number of aryl methyl sites for hydroxylation is 2. The molecule has 19 heavy (non-hydrogen) atoms. The normalized spacial score (nSPS) is 13.1. The van der Waals surface area contributed by atoms with Crippen molar-refractivity contribution in [3.8, 4) is 0 Å². The van der Waals surface area contributed by atoms with Gasteiger partial charge in [-0.15, -0.1) is 0 Å². The minimum absolute atomic E-state index is 0.0888. The molecular formula is C13H20N2O3S. The fourth-order valence-corrected chi connectivity index (χ4v) is 2.33. The average Bonchev–Trinajstić information content (AvgIpc) is 2.28. The van der Waals surface area contributed by atoms with Crippen LogP contribution < -0.4 is 11.1 Å². The summed E-state index contributed by atoms with van der Waals surface area (Å²) in [6.45, 7) is 3.86. The summed E-state index contributed by atoms with van der Waals surface area (Å²) >= 11 is 0. The van der Waals surface area contributed by atoms with Gasteiger partial charge in [-0.2, -0.15) is 0 Å². The lowest BCUT2D eigenvalue weighted by atomic mass is 10.1. The molecule has 0 aliphatic rings. The van der Waals surface area contributed by atoms with Crippen LogP contribution >= 0.6 is 0 Å². The topological polar surface area (TPSA) is 89.3 Å². The van der Waals surface area contributed by atoms with Gasteiger partial charge >= 0.3 is 0 Å². The molecule has 0 aromatic heterocycles. The summed E-state index contributed by atoms with van der Waals surface area (Å²) < 4.78 is 22.0. The Morgan fingerprint density at radius 3 is 2.53 bits per heavy atom. The van der Waals surface area contributed by atoms with Gasteiger partial charge in [-0.05, 0) is 31.9 Å². The second-order valence-electron chi connectivity index (χ2n) is 4.83. The van der Waals surface area contributed by atoms with Gasteiger partial charge in [0.05, 0.1) is 11.8 Å². The van der Waals surface area contributed by atoms with E-state index in [2.05, 4.69) is 5.32 Å². The van der Waals surface area contributed by atoms with Crippen molar-refractivity contribution in [3.63, 3.8) is 0 Å². The van der Waals surface area contributed by atoms with Crippen molar-refractivity contribution in [1.29, 1.82) is 0 Å². The first-order valence-electron chi connectivity index (χ1n) is 6.00. The molecule has 0 aliphatic heterocycles. The van der Waals surface area contributed by atoms with Crippen LogP contribution in [0.25, 0.3) is 0 Å². The predicted octanol–water partition coefficient (Wildman–Crippen LogP) is 1.00. The summed E-state index contributed by atoms with van der Waals surface area (Å²) in [5, 5.41) is 2.71. The number of hydrogen-bond donors (Lipinski definition) is 2. The molecule has 0 fully saturated rings. The lowest BCUT2D eigenvalue weighted by Gasteiger charge is -2.13. The van der Waals surface area contributed by atoms with Gasteiger partial charge < -0.3 is 11.1 Å². The van der Waals surface area contributed by atoms with Crippen molar-refractivity contribution in [3.05, 3.63) is 29.3 Å². The number of anilines is 1. The number of carbonyl (C=O) groups is 1. The first kappa shape index (κ1) is 15.7. The van der Waals surface area contributed by atoms with Crippen LogP contribution in [0.3, 0.4) is 0 Å². The van der Waals surface area contributed by atoms with E-state index in [4.69, 9.17) is 5.73 Å². The van der Waals surface area contributed by atoms with Crippen LogP contribution in [0.5, 0.6) is 0 Å². The molecule has 0 bridgehead atoms. The summed E-state index contributed by atoms with van der Waals surface area (Å²) in [7, 11) is -3.10. The van der Waals surface area contributed by atoms with Crippen LogP contribution in [0, 0.1) is 13.8 Å². The molecule has 106 valence electrons. The Balaban J connectivity index is 2.64. The third-order valence-electron chi connectivity index (χ3n) is 2.78. The lowest BCUT2D eigenvalue weighted by Crippen LogP contribution is -2.37. The molecule has 0 saturated heterocycles. The van der Waals surface area contributed by atoms with E-state index in [0.717, 1.165) is 17.4 Å². The van der Waals surface area contributed by atoms with E-state index in [-0.39, 0.29) is 18.1 Å². The SMILES string of the molecule is Cc1ccc(NC(=O)C(N)CCS(C)(=O)=O)c(C)c1. The smallest absolute Gasteiger partial charge is 0.241 e. The molecule has 5 nitrogen and oxygen atoms in total. The van der Waals surface area contributed by atoms with Crippen molar-refractivity contribution < 1.29 is 13.2 Å². The van der Waals surface area contributed by atoms with Crippen molar-refractivity contribution in [2.45, 2.75) is 26.3 Å². The molecule has 0 aliphatic carbocycles. The predicted molar refractivity (Wildman–Crippen MR) is 76.8 cm³/mol. The van der Waals surface area contributed by atoms with Gasteiger partial charge in [0.25, 0.3) is 0 Å². The molecular weight excluding hydrogens is 264 g/mol. The number of hydrogen-bond acceptors (Lipinski definition) is 4. The van der Waals surface area contributed by atoms with E-state index in [1.807, 2.05) is 32.0 Å². The van der Waals surface area contributed by atoms with Crippen molar-refractivity contribution >= 4 is 21.4 Å². The summed E-state index contributed by atoms with van der Waals surface area (Å²) in [6, 6.07) is 4.84. The second kappa shape index (κ2) is 6.16. The largest absolute Gasteiger partial charge is 0.324 e.